The molecular weight excluding hydrogens is 286 g/mol. The van der Waals surface area contributed by atoms with Crippen molar-refractivity contribution in [3.63, 3.8) is 0 Å². The molecule has 0 aliphatic rings. The molecule has 118 valence electrons. The molecule has 0 amide bonds. The van der Waals surface area contributed by atoms with Crippen molar-refractivity contribution in [3.8, 4) is 16.9 Å². The van der Waals surface area contributed by atoms with E-state index >= 15 is 0 Å². The van der Waals surface area contributed by atoms with Crippen molar-refractivity contribution in [2.45, 2.75) is 19.9 Å². The van der Waals surface area contributed by atoms with E-state index in [-0.39, 0.29) is 0 Å². The van der Waals surface area contributed by atoms with Crippen LogP contribution in [0, 0.1) is 0 Å². The quantitative estimate of drug-likeness (QED) is 0.781. The van der Waals surface area contributed by atoms with Gasteiger partial charge in [0, 0.05) is 5.56 Å². The number of aromatic nitrogens is 2. The van der Waals surface area contributed by atoms with E-state index in [1.807, 2.05) is 47.1 Å². The van der Waals surface area contributed by atoms with E-state index in [4.69, 9.17) is 15.6 Å². The second-order valence-corrected chi connectivity index (χ2v) is 5.40. The van der Waals surface area contributed by atoms with Crippen LogP contribution in [-0.4, -0.2) is 16.9 Å². The highest BCUT2D eigenvalue weighted by Gasteiger charge is 2.19. The molecule has 0 aliphatic carbocycles. The van der Waals surface area contributed by atoms with Gasteiger partial charge in [-0.15, -0.1) is 0 Å². The Morgan fingerprint density at radius 1 is 1.04 bits per heavy atom. The lowest BCUT2D eigenvalue weighted by atomic mass is 10.0. The first-order valence-electron chi connectivity index (χ1n) is 7.77. The highest BCUT2D eigenvalue weighted by Crippen LogP contribution is 2.36. The first-order chi connectivity index (χ1) is 11.2. The molecule has 0 aliphatic heterocycles. The number of benzene rings is 2. The number of nitrogens with zero attached hydrogens (tertiary/aromatic N) is 2. The lowest BCUT2D eigenvalue weighted by Gasteiger charge is -2.09. The van der Waals surface area contributed by atoms with Crippen molar-refractivity contribution >= 4 is 5.82 Å². The number of aryl methyl sites for hydroxylation is 1. The smallest absolute Gasteiger partial charge is 0.130 e. The first kappa shape index (κ1) is 15.2. The fraction of sp³-hybridized carbons (Fsp3) is 0.211. The standard InChI is InChI=1S/C19H21N3O/c1-3-16-18(15-11-7-8-12-17(15)23-2)19(20)22(21-16)13-14-9-5-4-6-10-14/h4-12H,3,13,20H2,1-2H3. The van der Waals surface area contributed by atoms with E-state index in [1.54, 1.807) is 7.11 Å². The van der Waals surface area contributed by atoms with Crippen LogP contribution in [-0.2, 0) is 13.0 Å². The summed E-state index contributed by atoms with van der Waals surface area (Å²) in [5.74, 6) is 1.49. The fourth-order valence-corrected chi connectivity index (χ4v) is 2.80. The Hall–Kier alpha value is -2.75. The van der Waals surface area contributed by atoms with Gasteiger partial charge in [0.25, 0.3) is 0 Å². The summed E-state index contributed by atoms with van der Waals surface area (Å²) < 4.78 is 7.36. The second kappa shape index (κ2) is 6.57. The van der Waals surface area contributed by atoms with Crippen molar-refractivity contribution in [2.24, 2.45) is 0 Å². The van der Waals surface area contributed by atoms with E-state index in [0.717, 1.165) is 29.0 Å². The van der Waals surface area contributed by atoms with Gasteiger partial charge in [-0.3, -0.25) is 0 Å². The SMILES string of the molecule is CCc1nn(Cc2ccccc2)c(N)c1-c1ccccc1OC. The predicted molar refractivity (Wildman–Crippen MR) is 93.5 cm³/mol. The molecule has 0 bridgehead atoms. The average Bonchev–Trinajstić information content (AvgIpc) is 2.91. The molecule has 1 heterocycles. The molecule has 4 heteroatoms. The zero-order chi connectivity index (χ0) is 16.2. The molecule has 0 spiro atoms. The Bertz CT molecular complexity index is 794. The van der Waals surface area contributed by atoms with Crippen LogP contribution in [0.1, 0.15) is 18.2 Å². The summed E-state index contributed by atoms with van der Waals surface area (Å²) in [4.78, 5) is 0. The van der Waals surface area contributed by atoms with Gasteiger partial charge in [-0.1, -0.05) is 55.5 Å². The van der Waals surface area contributed by atoms with Gasteiger partial charge in [0.05, 0.1) is 24.9 Å². The van der Waals surface area contributed by atoms with Crippen molar-refractivity contribution in [2.75, 3.05) is 12.8 Å². The third kappa shape index (κ3) is 2.93. The maximum atomic E-state index is 6.43. The van der Waals surface area contributed by atoms with Crippen LogP contribution in [0.15, 0.2) is 54.6 Å². The van der Waals surface area contributed by atoms with E-state index in [9.17, 15) is 0 Å². The van der Waals surface area contributed by atoms with Crippen LogP contribution in [0.2, 0.25) is 0 Å². The lowest BCUT2D eigenvalue weighted by molar-refractivity contribution is 0.416. The Morgan fingerprint density at radius 2 is 1.74 bits per heavy atom. The second-order valence-electron chi connectivity index (χ2n) is 5.40. The molecule has 0 saturated heterocycles. The zero-order valence-corrected chi connectivity index (χ0v) is 13.5. The molecule has 0 atom stereocenters. The van der Waals surface area contributed by atoms with Crippen molar-refractivity contribution < 1.29 is 4.74 Å². The molecule has 23 heavy (non-hydrogen) atoms. The molecule has 3 aromatic rings. The van der Waals surface area contributed by atoms with Crippen LogP contribution in [0.3, 0.4) is 0 Å². The summed E-state index contributed by atoms with van der Waals surface area (Å²) in [6, 6.07) is 18.1. The monoisotopic (exact) mass is 307 g/mol. The number of para-hydroxylation sites is 1. The van der Waals surface area contributed by atoms with E-state index in [1.165, 1.54) is 5.56 Å². The lowest BCUT2D eigenvalue weighted by Crippen LogP contribution is -2.06. The number of hydrogen-bond acceptors (Lipinski definition) is 3. The molecule has 0 unspecified atom stereocenters. The third-order valence-electron chi connectivity index (χ3n) is 3.95. The molecule has 0 radical (unpaired) electrons. The highest BCUT2D eigenvalue weighted by atomic mass is 16.5. The largest absolute Gasteiger partial charge is 0.496 e. The normalized spacial score (nSPS) is 10.7. The maximum Gasteiger partial charge on any atom is 0.130 e. The van der Waals surface area contributed by atoms with Gasteiger partial charge in [0.15, 0.2) is 0 Å². The number of anilines is 1. The molecule has 2 aromatic carbocycles. The van der Waals surface area contributed by atoms with Crippen molar-refractivity contribution in [1.29, 1.82) is 0 Å². The minimum absolute atomic E-state index is 0.662. The minimum Gasteiger partial charge on any atom is -0.496 e. The van der Waals surface area contributed by atoms with Gasteiger partial charge < -0.3 is 10.5 Å². The summed E-state index contributed by atoms with van der Waals surface area (Å²) in [5.41, 5.74) is 10.6. The average molecular weight is 307 g/mol. The third-order valence-corrected chi connectivity index (χ3v) is 3.95. The van der Waals surface area contributed by atoms with E-state index < -0.39 is 0 Å². The Morgan fingerprint density at radius 3 is 2.43 bits per heavy atom. The fourth-order valence-electron chi connectivity index (χ4n) is 2.80. The van der Waals surface area contributed by atoms with Gasteiger partial charge >= 0.3 is 0 Å². The summed E-state index contributed by atoms with van der Waals surface area (Å²) in [6.45, 7) is 2.75. The highest BCUT2D eigenvalue weighted by molar-refractivity contribution is 5.81. The number of ether oxygens (including phenoxy) is 1. The van der Waals surface area contributed by atoms with Crippen LogP contribution < -0.4 is 10.5 Å². The van der Waals surface area contributed by atoms with Crippen LogP contribution in [0.5, 0.6) is 5.75 Å². The number of methoxy groups -OCH3 is 1. The van der Waals surface area contributed by atoms with Crippen molar-refractivity contribution in [3.05, 3.63) is 65.9 Å². The number of nitrogens with two attached hydrogens (primary N) is 1. The summed E-state index contributed by atoms with van der Waals surface area (Å²) in [5, 5.41) is 4.71. The molecule has 1 aromatic heterocycles. The Labute approximate surface area is 136 Å². The molecule has 0 saturated carbocycles. The van der Waals surface area contributed by atoms with Gasteiger partial charge in [-0.2, -0.15) is 5.10 Å². The first-order valence-corrected chi connectivity index (χ1v) is 7.77. The van der Waals surface area contributed by atoms with Gasteiger partial charge in [0.1, 0.15) is 11.6 Å². The molecule has 2 N–H and O–H groups in total. The van der Waals surface area contributed by atoms with Gasteiger partial charge in [-0.05, 0) is 18.1 Å². The predicted octanol–water partition coefficient (Wildman–Crippen LogP) is 3.75. The molecule has 3 rings (SSSR count). The van der Waals surface area contributed by atoms with Crippen LogP contribution in [0.25, 0.3) is 11.1 Å². The van der Waals surface area contributed by atoms with Crippen molar-refractivity contribution in [1.82, 2.24) is 9.78 Å². The summed E-state index contributed by atoms with van der Waals surface area (Å²) >= 11 is 0. The number of nitrogen functional groups attached to an aromatic ring is 1. The minimum atomic E-state index is 0.662. The maximum absolute atomic E-state index is 6.43. The van der Waals surface area contributed by atoms with Gasteiger partial charge in [0.2, 0.25) is 0 Å². The van der Waals surface area contributed by atoms with Crippen LogP contribution >= 0.6 is 0 Å². The molecular formula is C19H21N3O. The van der Waals surface area contributed by atoms with Gasteiger partial charge in [-0.25, -0.2) is 4.68 Å². The molecule has 4 nitrogen and oxygen atoms in total. The number of hydrogen-bond donors (Lipinski definition) is 1. The van der Waals surface area contributed by atoms with E-state index in [2.05, 4.69) is 19.1 Å². The Balaban J connectivity index is 2.07. The topological polar surface area (TPSA) is 53.1 Å². The Kier molecular flexibility index (Phi) is 4.33. The summed E-state index contributed by atoms with van der Waals surface area (Å²) in [6.07, 6.45) is 0.819. The van der Waals surface area contributed by atoms with E-state index in [0.29, 0.717) is 12.4 Å². The van der Waals surface area contributed by atoms with Crippen LogP contribution in [0.4, 0.5) is 5.82 Å². The zero-order valence-electron chi connectivity index (χ0n) is 13.5. The molecule has 0 fully saturated rings. The summed E-state index contributed by atoms with van der Waals surface area (Å²) in [7, 11) is 1.68. The number of rotatable bonds is 5.